The predicted octanol–water partition coefficient (Wildman–Crippen LogP) is 6.96. The zero-order valence-electron chi connectivity index (χ0n) is 28.1. The van der Waals surface area contributed by atoms with Crippen molar-refractivity contribution in [1.29, 1.82) is 0 Å². The molecule has 1 aromatic heterocycles. The summed E-state index contributed by atoms with van der Waals surface area (Å²) in [5.74, 6) is 0.384. The molecule has 1 amide bonds. The number of hydrogen-bond acceptors (Lipinski definition) is 5. The van der Waals surface area contributed by atoms with Gasteiger partial charge in [0.1, 0.15) is 18.1 Å². The molecule has 0 atom stereocenters. The lowest BCUT2D eigenvalue weighted by molar-refractivity contribution is -0.138. The van der Waals surface area contributed by atoms with E-state index in [0.29, 0.717) is 42.9 Å². The first kappa shape index (κ1) is 35.0. The molecule has 1 saturated heterocycles. The first-order chi connectivity index (χ1) is 22.8. The summed E-state index contributed by atoms with van der Waals surface area (Å²) in [6.07, 6.45) is -1.19. The van der Waals surface area contributed by atoms with Gasteiger partial charge in [-0.05, 0) is 80.8 Å². The van der Waals surface area contributed by atoms with E-state index in [-0.39, 0.29) is 29.6 Å². The molecule has 4 aromatic rings. The van der Waals surface area contributed by atoms with Gasteiger partial charge in [0.05, 0.1) is 5.56 Å². The Morgan fingerprint density at radius 1 is 0.854 bits per heavy atom. The van der Waals surface area contributed by atoms with Crippen LogP contribution in [0.3, 0.4) is 0 Å². The summed E-state index contributed by atoms with van der Waals surface area (Å²) in [7, 11) is 0. The van der Waals surface area contributed by atoms with Crippen molar-refractivity contribution >= 4 is 5.91 Å². The largest absolute Gasteiger partial charge is 0.416 e. The number of rotatable bonds is 10. The maximum Gasteiger partial charge on any atom is 0.416 e. The number of likely N-dealkylation sites (tertiary alicyclic amines) is 1. The maximum atomic E-state index is 14.3. The second-order valence-corrected chi connectivity index (χ2v) is 13.5. The lowest BCUT2D eigenvalue weighted by Crippen LogP contribution is -2.52. The third-order valence-electron chi connectivity index (χ3n) is 9.14. The van der Waals surface area contributed by atoms with E-state index >= 15 is 0 Å². The molecule has 3 aromatic carbocycles. The molecule has 0 spiro atoms. The zero-order valence-corrected chi connectivity index (χ0v) is 28.1. The highest BCUT2D eigenvalue weighted by atomic mass is 19.4. The fourth-order valence-corrected chi connectivity index (χ4v) is 6.26. The van der Waals surface area contributed by atoms with Crippen molar-refractivity contribution in [2.45, 2.75) is 90.6 Å². The fourth-order valence-electron chi connectivity index (χ4n) is 6.26. The van der Waals surface area contributed by atoms with E-state index < -0.39 is 11.7 Å². The molecule has 254 valence electrons. The highest BCUT2D eigenvalue weighted by Crippen LogP contribution is 2.31. The van der Waals surface area contributed by atoms with Gasteiger partial charge in [0.25, 0.3) is 5.56 Å². The number of nitrogens with zero attached hydrogens (tertiary/aromatic N) is 5. The average molecular weight is 660 g/mol. The Morgan fingerprint density at radius 3 is 2.02 bits per heavy atom. The van der Waals surface area contributed by atoms with E-state index in [1.54, 1.807) is 4.68 Å². The smallest absolute Gasteiger partial charge is 0.334 e. The zero-order chi connectivity index (χ0) is 34.5. The van der Waals surface area contributed by atoms with Crippen molar-refractivity contribution < 1.29 is 18.0 Å². The highest BCUT2D eigenvalue weighted by molar-refractivity contribution is 5.76. The number of alkyl halides is 3. The van der Waals surface area contributed by atoms with Crippen LogP contribution in [-0.4, -0.2) is 55.1 Å². The van der Waals surface area contributed by atoms with Gasteiger partial charge in [0, 0.05) is 37.6 Å². The number of amides is 1. The molecule has 1 fully saturated rings. The van der Waals surface area contributed by atoms with Gasteiger partial charge >= 0.3 is 6.18 Å². The summed E-state index contributed by atoms with van der Waals surface area (Å²) >= 11 is 0. The van der Waals surface area contributed by atoms with Crippen molar-refractivity contribution in [2.24, 2.45) is 0 Å². The second kappa shape index (κ2) is 14.8. The van der Waals surface area contributed by atoms with Crippen molar-refractivity contribution in [1.82, 2.24) is 24.6 Å². The number of carbonyl (C=O) groups is 1. The molecule has 0 aliphatic carbocycles. The summed E-state index contributed by atoms with van der Waals surface area (Å²) in [6, 6.07) is 22.7. The van der Waals surface area contributed by atoms with Crippen LogP contribution in [-0.2, 0) is 43.3 Å². The molecule has 0 bridgehead atoms. The van der Waals surface area contributed by atoms with Gasteiger partial charge in [0.2, 0.25) is 5.91 Å². The Labute approximate surface area is 280 Å². The maximum absolute atomic E-state index is 14.3. The van der Waals surface area contributed by atoms with Crippen LogP contribution in [0.2, 0.25) is 0 Å². The van der Waals surface area contributed by atoms with Crippen LogP contribution in [0.15, 0.2) is 83.7 Å². The molecule has 10 heteroatoms. The molecular weight excluding hydrogens is 615 g/mol. The summed E-state index contributed by atoms with van der Waals surface area (Å²) in [5, 5.41) is 4.60. The molecule has 1 aliphatic rings. The topological polar surface area (TPSA) is 71.3 Å². The van der Waals surface area contributed by atoms with E-state index in [1.165, 1.54) is 12.1 Å². The van der Waals surface area contributed by atoms with Crippen LogP contribution >= 0.6 is 0 Å². The highest BCUT2D eigenvalue weighted by Gasteiger charge is 2.33. The predicted molar refractivity (Wildman–Crippen MR) is 181 cm³/mol. The summed E-state index contributed by atoms with van der Waals surface area (Å²) in [4.78, 5) is 35.7. The molecule has 0 radical (unpaired) electrons. The normalized spacial score (nSPS) is 14.6. The quantitative estimate of drug-likeness (QED) is 0.184. The monoisotopic (exact) mass is 659 g/mol. The summed E-state index contributed by atoms with van der Waals surface area (Å²) < 4.78 is 40.8. The third kappa shape index (κ3) is 8.78. The Hall–Kier alpha value is -4.31. The van der Waals surface area contributed by atoms with Gasteiger partial charge in [-0.1, -0.05) is 73.7 Å². The number of carbonyl (C=O) groups excluding carboxylic acids is 1. The van der Waals surface area contributed by atoms with Crippen LogP contribution in [0.1, 0.15) is 68.7 Å². The SMILES string of the molecule is CCc1nn(CC(=O)N(Cc2ccc(-c3ccc(C(F)(F)F)cc3)cc2)C2CCN(C(C)(C)C)CC2)c(CCc2ccccc2)nc1=O. The fraction of sp³-hybridized carbons (Fsp3) is 0.421. The van der Waals surface area contributed by atoms with E-state index in [9.17, 15) is 22.8 Å². The molecule has 0 saturated carbocycles. The van der Waals surface area contributed by atoms with Gasteiger partial charge in [-0.15, -0.1) is 0 Å². The van der Waals surface area contributed by atoms with Crippen molar-refractivity contribution in [3.8, 4) is 11.1 Å². The van der Waals surface area contributed by atoms with E-state index in [0.717, 1.165) is 54.8 Å². The third-order valence-corrected chi connectivity index (χ3v) is 9.14. The Kier molecular flexibility index (Phi) is 10.8. The van der Waals surface area contributed by atoms with Crippen LogP contribution in [0.25, 0.3) is 11.1 Å². The van der Waals surface area contributed by atoms with E-state index in [2.05, 4.69) is 35.8 Å². The minimum atomic E-state index is -4.39. The van der Waals surface area contributed by atoms with Crippen LogP contribution in [0.4, 0.5) is 13.2 Å². The molecule has 0 N–H and O–H groups in total. The number of hydrogen-bond donors (Lipinski definition) is 0. The molecule has 2 heterocycles. The Balaban J connectivity index is 1.39. The summed E-state index contributed by atoms with van der Waals surface area (Å²) in [5.41, 5.74) is 2.82. The molecule has 7 nitrogen and oxygen atoms in total. The van der Waals surface area contributed by atoms with E-state index in [1.807, 2.05) is 66.4 Å². The van der Waals surface area contributed by atoms with Gasteiger partial charge < -0.3 is 4.90 Å². The molecular formula is C38H44F3N5O2. The number of halogens is 3. The first-order valence-electron chi connectivity index (χ1n) is 16.6. The van der Waals surface area contributed by atoms with Gasteiger partial charge in [-0.25, -0.2) is 4.68 Å². The number of piperidine rings is 1. The van der Waals surface area contributed by atoms with Gasteiger partial charge in [0.15, 0.2) is 0 Å². The standard InChI is InChI=1S/C38H44F3N5O2/c1-5-33-36(48)42-34(20-13-27-9-7-6-8-10-27)46(43-33)26-35(47)45(32-21-23-44(24-22-32)37(2,3)4)25-28-11-14-29(15-12-28)30-16-18-31(19-17-30)38(39,40)41/h6-12,14-19,32H,5,13,20-26H2,1-4H3. The molecule has 48 heavy (non-hydrogen) atoms. The van der Waals surface area contributed by atoms with E-state index in [4.69, 9.17) is 0 Å². The lowest BCUT2D eigenvalue weighted by atomic mass is 9.96. The van der Waals surface area contributed by atoms with Crippen LogP contribution < -0.4 is 5.56 Å². The van der Waals surface area contributed by atoms with Crippen LogP contribution in [0.5, 0.6) is 0 Å². The lowest BCUT2D eigenvalue weighted by Gasteiger charge is -2.44. The Morgan fingerprint density at radius 2 is 1.46 bits per heavy atom. The number of benzene rings is 3. The minimum Gasteiger partial charge on any atom is -0.334 e. The van der Waals surface area contributed by atoms with Gasteiger partial charge in [-0.3, -0.25) is 14.5 Å². The summed E-state index contributed by atoms with van der Waals surface area (Å²) in [6.45, 7) is 10.5. The average Bonchev–Trinajstić information content (AvgIpc) is 3.07. The number of aryl methyl sites for hydroxylation is 3. The molecule has 5 rings (SSSR count). The second-order valence-electron chi connectivity index (χ2n) is 13.5. The van der Waals surface area contributed by atoms with Crippen molar-refractivity contribution in [3.63, 3.8) is 0 Å². The molecule has 1 aliphatic heterocycles. The van der Waals surface area contributed by atoms with Crippen molar-refractivity contribution in [2.75, 3.05) is 13.1 Å². The van der Waals surface area contributed by atoms with Gasteiger partial charge in [-0.2, -0.15) is 23.3 Å². The van der Waals surface area contributed by atoms with Crippen molar-refractivity contribution in [3.05, 3.63) is 117 Å². The molecule has 0 unspecified atom stereocenters. The number of aromatic nitrogens is 3. The Bertz CT molecular complexity index is 1720. The van der Waals surface area contributed by atoms with Crippen LogP contribution in [0, 0.1) is 0 Å². The first-order valence-corrected chi connectivity index (χ1v) is 16.6. The minimum absolute atomic E-state index is 0.0106.